The van der Waals surface area contributed by atoms with Crippen molar-refractivity contribution in [1.29, 1.82) is 0 Å². The highest BCUT2D eigenvalue weighted by Gasteiger charge is 2.19. The highest BCUT2D eigenvalue weighted by atomic mass is 16.5. The molecule has 31 heavy (non-hydrogen) atoms. The van der Waals surface area contributed by atoms with Crippen LogP contribution >= 0.6 is 0 Å². The molecule has 2 aromatic carbocycles. The monoisotopic (exact) mass is 415 g/mol. The lowest BCUT2D eigenvalue weighted by Crippen LogP contribution is -2.25. The van der Waals surface area contributed by atoms with Gasteiger partial charge in [0, 0.05) is 50.2 Å². The number of hydrogen-bond donors (Lipinski definition) is 1. The fourth-order valence-corrected chi connectivity index (χ4v) is 4.53. The van der Waals surface area contributed by atoms with Crippen LogP contribution in [0.25, 0.3) is 0 Å². The lowest BCUT2D eigenvalue weighted by Gasteiger charge is -2.21. The zero-order valence-corrected chi connectivity index (χ0v) is 17.8. The zero-order chi connectivity index (χ0) is 21.0. The third kappa shape index (κ3) is 4.58. The number of aliphatic hydroxyl groups excluding tert-OH is 1. The molecule has 5 nitrogen and oxygen atoms in total. The molecule has 2 aliphatic rings. The number of aromatic nitrogens is 1. The Hall–Kier alpha value is -2.89. The smallest absolute Gasteiger partial charge is 0.123 e. The summed E-state index contributed by atoms with van der Waals surface area (Å²) in [5, 5.41) is 10.8. The molecule has 5 rings (SSSR count). The summed E-state index contributed by atoms with van der Waals surface area (Å²) < 4.78 is 6.00. The van der Waals surface area contributed by atoms with Crippen LogP contribution in [0.5, 0.6) is 5.75 Å². The van der Waals surface area contributed by atoms with Crippen molar-refractivity contribution < 1.29 is 9.84 Å². The summed E-state index contributed by atoms with van der Waals surface area (Å²) in [6.45, 7) is 5.57. The summed E-state index contributed by atoms with van der Waals surface area (Å²) in [7, 11) is 0. The van der Waals surface area contributed by atoms with Crippen molar-refractivity contribution in [2.24, 2.45) is 0 Å². The van der Waals surface area contributed by atoms with Gasteiger partial charge in [-0.3, -0.25) is 9.88 Å². The first-order chi connectivity index (χ1) is 15.3. The normalized spacial score (nSPS) is 17.6. The molecule has 1 aromatic heterocycles. The molecule has 0 saturated carbocycles. The molecule has 0 spiro atoms. The fourth-order valence-electron chi connectivity index (χ4n) is 4.53. The lowest BCUT2D eigenvalue weighted by atomic mass is 10.0. The van der Waals surface area contributed by atoms with E-state index in [-0.39, 0.29) is 0 Å². The molecule has 0 unspecified atom stereocenters. The highest BCUT2D eigenvalue weighted by molar-refractivity contribution is 5.48. The van der Waals surface area contributed by atoms with Crippen LogP contribution in [0.3, 0.4) is 0 Å². The Morgan fingerprint density at radius 1 is 0.968 bits per heavy atom. The Kier molecular flexibility index (Phi) is 5.87. The van der Waals surface area contributed by atoms with Gasteiger partial charge < -0.3 is 14.7 Å². The number of benzene rings is 2. The average Bonchev–Trinajstić information content (AvgIpc) is 3.28. The third-order valence-corrected chi connectivity index (χ3v) is 6.24. The quantitative estimate of drug-likeness (QED) is 0.678. The van der Waals surface area contributed by atoms with Crippen LogP contribution in [0, 0.1) is 0 Å². The fraction of sp³-hybridized carbons (Fsp3) is 0.346. The summed E-state index contributed by atoms with van der Waals surface area (Å²) in [5.74, 6) is 0.906. The van der Waals surface area contributed by atoms with Crippen molar-refractivity contribution in [3.8, 4) is 5.75 Å². The first-order valence-corrected chi connectivity index (χ1v) is 11.2. The summed E-state index contributed by atoms with van der Waals surface area (Å²) in [6, 6.07) is 20.6. The predicted octanol–water partition coefficient (Wildman–Crippen LogP) is 4.16. The van der Waals surface area contributed by atoms with Crippen molar-refractivity contribution in [3.05, 3.63) is 89.2 Å². The van der Waals surface area contributed by atoms with E-state index in [1.54, 1.807) is 6.20 Å². The molecule has 160 valence electrons. The molecule has 3 heterocycles. The molecule has 1 saturated heterocycles. The van der Waals surface area contributed by atoms with E-state index in [0.29, 0.717) is 12.3 Å². The van der Waals surface area contributed by atoms with E-state index >= 15 is 0 Å². The van der Waals surface area contributed by atoms with Crippen molar-refractivity contribution in [3.63, 3.8) is 0 Å². The first kappa shape index (κ1) is 20.0. The number of anilines is 1. The van der Waals surface area contributed by atoms with E-state index in [1.165, 1.54) is 37.2 Å². The van der Waals surface area contributed by atoms with Crippen LogP contribution in [-0.4, -0.2) is 41.2 Å². The Morgan fingerprint density at radius 2 is 1.81 bits per heavy atom. The minimum Gasteiger partial charge on any atom is -0.492 e. The second-order valence-electron chi connectivity index (χ2n) is 8.44. The van der Waals surface area contributed by atoms with Gasteiger partial charge in [0.25, 0.3) is 0 Å². The van der Waals surface area contributed by atoms with Gasteiger partial charge in [0.2, 0.25) is 0 Å². The Bertz CT molecular complexity index is 1000. The minimum absolute atomic E-state index is 0.659. The van der Waals surface area contributed by atoms with E-state index in [4.69, 9.17) is 4.74 Å². The van der Waals surface area contributed by atoms with E-state index in [9.17, 15) is 5.11 Å². The molecule has 1 N–H and O–H groups in total. The number of ether oxygens (including phenoxy) is 1. The van der Waals surface area contributed by atoms with Gasteiger partial charge in [-0.05, 0) is 60.4 Å². The Balaban J connectivity index is 1.30. The first-order valence-electron chi connectivity index (χ1n) is 11.2. The largest absolute Gasteiger partial charge is 0.492 e. The lowest BCUT2D eigenvalue weighted by molar-refractivity contribution is 0.214. The van der Waals surface area contributed by atoms with Crippen LogP contribution in [0.2, 0.25) is 0 Å². The maximum absolute atomic E-state index is 10.8. The van der Waals surface area contributed by atoms with E-state index in [2.05, 4.69) is 45.1 Å². The van der Waals surface area contributed by atoms with E-state index in [0.717, 1.165) is 36.5 Å². The molecule has 0 bridgehead atoms. The van der Waals surface area contributed by atoms with Gasteiger partial charge in [0.1, 0.15) is 18.5 Å². The molecule has 0 amide bonds. The molecular formula is C26H29N3O2. The maximum Gasteiger partial charge on any atom is 0.123 e. The standard InChI is InChI=1S/C26H29N3O2/c30-26(24-5-1-2-12-27-24)21-8-11-25-22(17-21)19-28(15-16-31-25)18-20-6-9-23(10-7-20)29-13-3-4-14-29/h1-2,5-12,17,26,30H,3-4,13-16,18-19H2/t26-/m0/s1. The molecule has 1 atom stereocenters. The van der Waals surface area contributed by atoms with Crippen LogP contribution in [-0.2, 0) is 13.1 Å². The number of nitrogens with zero attached hydrogens (tertiary/aromatic N) is 3. The SMILES string of the molecule is O[C@@H](c1ccc2c(c1)CN(Cc1ccc(N3CCCC3)cc1)CCO2)c1ccccn1. The number of pyridine rings is 1. The van der Waals surface area contributed by atoms with Gasteiger partial charge in [-0.25, -0.2) is 0 Å². The number of hydrogen-bond acceptors (Lipinski definition) is 5. The van der Waals surface area contributed by atoms with E-state index in [1.807, 2.05) is 30.3 Å². The van der Waals surface area contributed by atoms with Gasteiger partial charge in [-0.1, -0.05) is 24.3 Å². The molecule has 1 fully saturated rings. The van der Waals surface area contributed by atoms with Gasteiger partial charge in [0.05, 0.1) is 5.69 Å². The second kappa shape index (κ2) is 9.08. The summed E-state index contributed by atoms with van der Waals surface area (Å²) in [6.07, 6.45) is 3.57. The average molecular weight is 416 g/mol. The van der Waals surface area contributed by atoms with Crippen LogP contribution in [0.1, 0.15) is 41.3 Å². The molecular weight excluding hydrogens is 386 g/mol. The number of aliphatic hydroxyl groups is 1. The van der Waals surface area contributed by atoms with Crippen molar-refractivity contribution >= 4 is 5.69 Å². The number of rotatable bonds is 5. The van der Waals surface area contributed by atoms with Crippen molar-refractivity contribution in [1.82, 2.24) is 9.88 Å². The molecule has 0 radical (unpaired) electrons. The topological polar surface area (TPSA) is 48.8 Å². The van der Waals surface area contributed by atoms with E-state index < -0.39 is 6.10 Å². The molecule has 5 heteroatoms. The maximum atomic E-state index is 10.8. The number of fused-ring (bicyclic) bond motifs is 1. The predicted molar refractivity (Wildman–Crippen MR) is 122 cm³/mol. The van der Waals surface area contributed by atoms with Gasteiger partial charge >= 0.3 is 0 Å². The highest BCUT2D eigenvalue weighted by Crippen LogP contribution is 2.29. The van der Waals surface area contributed by atoms with Crippen LogP contribution in [0.4, 0.5) is 5.69 Å². The van der Waals surface area contributed by atoms with Gasteiger partial charge in [-0.2, -0.15) is 0 Å². The summed E-state index contributed by atoms with van der Waals surface area (Å²) in [4.78, 5) is 9.17. The summed E-state index contributed by atoms with van der Waals surface area (Å²) >= 11 is 0. The van der Waals surface area contributed by atoms with Gasteiger partial charge in [0.15, 0.2) is 0 Å². The molecule has 3 aromatic rings. The van der Waals surface area contributed by atoms with Crippen LogP contribution < -0.4 is 9.64 Å². The second-order valence-corrected chi connectivity index (χ2v) is 8.44. The Morgan fingerprint density at radius 3 is 2.58 bits per heavy atom. The minimum atomic E-state index is -0.735. The van der Waals surface area contributed by atoms with Crippen LogP contribution in [0.15, 0.2) is 66.9 Å². The van der Waals surface area contributed by atoms with Gasteiger partial charge in [-0.15, -0.1) is 0 Å². The van der Waals surface area contributed by atoms with Crippen molar-refractivity contribution in [2.45, 2.75) is 32.0 Å². The molecule has 0 aliphatic carbocycles. The Labute approximate surface area is 183 Å². The zero-order valence-electron chi connectivity index (χ0n) is 17.8. The van der Waals surface area contributed by atoms with Crippen molar-refractivity contribution in [2.75, 3.05) is 31.1 Å². The molecule has 2 aliphatic heterocycles. The summed E-state index contributed by atoms with van der Waals surface area (Å²) in [5.41, 5.74) is 5.26. The third-order valence-electron chi connectivity index (χ3n) is 6.24.